The van der Waals surface area contributed by atoms with Crippen LogP contribution in [0.3, 0.4) is 0 Å². The number of aromatic nitrogens is 3. The van der Waals surface area contributed by atoms with E-state index < -0.39 is 0 Å². The van der Waals surface area contributed by atoms with E-state index in [1.165, 1.54) is 6.07 Å². The number of aryl methyl sites for hydroxylation is 1. The van der Waals surface area contributed by atoms with Crippen molar-refractivity contribution in [2.45, 2.75) is 25.9 Å². The molecular weight excluding hydrogens is 287 g/mol. The topological polar surface area (TPSA) is 42.7 Å². The first-order valence-corrected chi connectivity index (χ1v) is 7.79. The number of halogens is 1. The first kappa shape index (κ1) is 14.2. The normalized spacial score (nSPS) is 12.9. The van der Waals surface area contributed by atoms with Gasteiger partial charge in [0.05, 0.1) is 17.9 Å². The van der Waals surface area contributed by atoms with E-state index in [0.29, 0.717) is 0 Å². The van der Waals surface area contributed by atoms with Crippen molar-refractivity contribution in [3.05, 3.63) is 46.9 Å². The highest BCUT2D eigenvalue weighted by Crippen LogP contribution is 2.33. The lowest BCUT2D eigenvalue weighted by molar-refractivity contribution is 0.526. The summed E-state index contributed by atoms with van der Waals surface area (Å²) in [5.41, 5.74) is 1.03. The second-order valence-electron chi connectivity index (χ2n) is 4.93. The summed E-state index contributed by atoms with van der Waals surface area (Å²) in [6.45, 7) is 2.95. The van der Waals surface area contributed by atoms with Gasteiger partial charge in [-0.1, -0.05) is 18.2 Å². The van der Waals surface area contributed by atoms with Gasteiger partial charge in [-0.3, -0.25) is 0 Å². The molecule has 6 heteroatoms. The highest BCUT2D eigenvalue weighted by molar-refractivity contribution is 7.19. The molecule has 1 atom stereocenters. The number of thiophene rings is 1. The number of nitrogens with zero attached hydrogens (tertiary/aromatic N) is 3. The number of hydrogen-bond acceptors (Lipinski definition) is 4. The summed E-state index contributed by atoms with van der Waals surface area (Å²) in [6.07, 6.45) is 2.80. The Labute approximate surface area is 126 Å². The predicted octanol–water partition coefficient (Wildman–Crippen LogP) is 3.35. The number of rotatable bonds is 5. The molecule has 0 bridgehead atoms. The van der Waals surface area contributed by atoms with Crippen molar-refractivity contribution in [1.82, 2.24) is 20.3 Å². The van der Waals surface area contributed by atoms with E-state index in [1.807, 2.05) is 17.8 Å². The van der Waals surface area contributed by atoms with Crippen LogP contribution in [0.5, 0.6) is 0 Å². The molecule has 0 radical (unpaired) electrons. The molecule has 0 aliphatic carbocycles. The Morgan fingerprint density at radius 1 is 1.38 bits per heavy atom. The van der Waals surface area contributed by atoms with Crippen molar-refractivity contribution in [3.8, 4) is 0 Å². The third-order valence-electron chi connectivity index (χ3n) is 3.45. The quantitative estimate of drug-likeness (QED) is 0.786. The fourth-order valence-electron chi connectivity index (χ4n) is 2.48. The third kappa shape index (κ3) is 2.69. The smallest absolute Gasteiger partial charge is 0.124 e. The van der Waals surface area contributed by atoms with Crippen LogP contribution in [0.15, 0.2) is 30.5 Å². The Bertz CT molecular complexity index is 749. The standard InChI is InChI=1S/C15H17FN4S/c1-3-6-20-12(9-18-19-20)15(17-2)14-7-10-4-5-11(16)8-13(10)21-14/h4-5,7-9,15,17H,3,6H2,1-2H3. The third-order valence-corrected chi connectivity index (χ3v) is 4.62. The molecule has 1 aromatic carbocycles. The molecule has 0 saturated heterocycles. The number of hydrogen-bond donors (Lipinski definition) is 1. The van der Waals surface area contributed by atoms with Crippen LogP contribution in [-0.4, -0.2) is 22.0 Å². The molecule has 3 rings (SSSR count). The van der Waals surface area contributed by atoms with Crippen LogP contribution < -0.4 is 5.32 Å². The van der Waals surface area contributed by atoms with E-state index in [-0.39, 0.29) is 11.9 Å². The Balaban J connectivity index is 2.03. The maximum absolute atomic E-state index is 13.3. The van der Waals surface area contributed by atoms with Gasteiger partial charge >= 0.3 is 0 Å². The maximum Gasteiger partial charge on any atom is 0.124 e. The van der Waals surface area contributed by atoms with Crippen molar-refractivity contribution in [2.75, 3.05) is 7.05 Å². The van der Waals surface area contributed by atoms with Crippen molar-refractivity contribution < 1.29 is 4.39 Å². The Kier molecular flexibility index (Phi) is 3.98. The maximum atomic E-state index is 13.3. The number of nitrogens with one attached hydrogen (secondary N) is 1. The molecule has 1 unspecified atom stereocenters. The van der Waals surface area contributed by atoms with E-state index in [1.54, 1.807) is 23.6 Å². The molecule has 110 valence electrons. The molecule has 1 N–H and O–H groups in total. The minimum atomic E-state index is -0.199. The first-order valence-electron chi connectivity index (χ1n) is 6.97. The average molecular weight is 304 g/mol. The zero-order valence-corrected chi connectivity index (χ0v) is 12.8. The predicted molar refractivity (Wildman–Crippen MR) is 83.0 cm³/mol. The molecular formula is C15H17FN4S. The van der Waals surface area contributed by atoms with Gasteiger partial charge in [0, 0.05) is 16.1 Å². The van der Waals surface area contributed by atoms with Gasteiger partial charge in [-0.15, -0.1) is 16.4 Å². The minimum absolute atomic E-state index is 0.0204. The summed E-state index contributed by atoms with van der Waals surface area (Å²) in [5, 5.41) is 12.5. The van der Waals surface area contributed by atoms with Crippen LogP contribution >= 0.6 is 11.3 Å². The van der Waals surface area contributed by atoms with Gasteiger partial charge in [-0.05, 0) is 37.1 Å². The van der Waals surface area contributed by atoms with Crippen LogP contribution in [0.1, 0.15) is 30.0 Å². The average Bonchev–Trinajstić information content (AvgIpc) is 3.07. The summed E-state index contributed by atoms with van der Waals surface area (Å²) in [7, 11) is 1.92. The monoisotopic (exact) mass is 304 g/mol. The van der Waals surface area contributed by atoms with Gasteiger partial charge in [0.1, 0.15) is 5.82 Å². The molecule has 4 nitrogen and oxygen atoms in total. The fraction of sp³-hybridized carbons (Fsp3) is 0.333. The summed E-state index contributed by atoms with van der Waals surface area (Å²) < 4.78 is 16.2. The van der Waals surface area contributed by atoms with Crippen molar-refractivity contribution in [2.24, 2.45) is 0 Å². The molecule has 0 aliphatic rings. The van der Waals surface area contributed by atoms with Gasteiger partial charge < -0.3 is 5.32 Å². The molecule has 0 amide bonds. The summed E-state index contributed by atoms with van der Waals surface area (Å²) >= 11 is 1.60. The molecule has 3 aromatic rings. The highest BCUT2D eigenvalue weighted by atomic mass is 32.1. The van der Waals surface area contributed by atoms with Crippen molar-refractivity contribution >= 4 is 21.4 Å². The Morgan fingerprint density at radius 3 is 3.00 bits per heavy atom. The highest BCUT2D eigenvalue weighted by Gasteiger charge is 2.19. The van der Waals surface area contributed by atoms with Gasteiger partial charge in [0.15, 0.2) is 0 Å². The second-order valence-corrected chi connectivity index (χ2v) is 6.05. The molecule has 2 heterocycles. The van der Waals surface area contributed by atoms with Gasteiger partial charge in [-0.2, -0.15) is 0 Å². The largest absolute Gasteiger partial charge is 0.307 e. The molecule has 21 heavy (non-hydrogen) atoms. The van der Waals surface area contributed by atoms with Gasteiger partial charge in [0.25, 0.3) is 0 Å². The minimum Gasteiger partial charge on any atom is -0.307 e. The van der Waals surface area contributed by atoms with Crippen LogP contribution in [-0.2, 0) is 6.54 Å². The molecule has 0 saturated carbocycles. The van der Waals surface area contributed by atoms with Gasteiger partial charge in [-0.25, -0.2) is 9.07 Å². The lowest BCUT2D eigenvalue weighted by Crippen LogP contribution is -2.20. The van der Waals surface area contributed by atoms with E-state index in [9.17, 15) is 4.39 Å². The fourth-order valence-corrected chi connectivity index (χ4v) is 3.69. The second kappa shape index (κ2) is 5.91. The van der Waals surface area contributed by atoms with Crippen molar-refractivity contribution in [1.29, 1.82) is 0 Å². The summed E-state index contributed by atoms with van der Waals surface area (Å²) in [5.74, 6) is -0.199. The van der Waals surface area contributed by atoms with Crippen LogP contribution in [0, 0.1) is 5.82 Å². The summed E-state index contributed by atoms with van der Waals surface area (Å²) in [4.78, 5) is 1.14. The van der Waals surface area contributed by atoms with E-state index in [2.05, 4.69) is 28.6 Å². The molecule has 0 aliphatic heterocycles. The zero-order chi connectivity index (χ0) is 14.8. The van der Waals surface area contributed by atoms with Gasteiger partial charge in [0.2, 0.25) is 0 Å². The van der Waals surface area contributed by atoms with Crippen LogP contribution in [0.4, 0.5) is 4.39 Å². The molecule has 2 aromatic heterocycles. The van der Waals surface area contributed by atoms with E-state index in [0.717, 1.165) is 33.6 Å². The summed E-state index contributed by atoms with van der Waals surface area (Å²) in [6, 6.07) is 7.02. The molecule has 0 fully saturated rings. The van der Waals surface area contributed by atoms with E-state index in [4.69, 9.17) is 0 Å². The van der Waals surface area contributed by atoms with Crippen LogP contribution in [0.25, 0.3) is 10.1 Å². The Hall–Kier alpha value is -1.79. The van der Waals surface area contributed by atoms with E-state index >= 15 is 0 Å². The number of fused-ring (bicyclic) bond motifs is 1. The molecule has 0 spiro atoms. The van der Waals surface area contributed by atoms with Crippen molar-refractivity contribution in [3.63, 3.8) is 0 Å². The zero-order valence-electron chi connectivity index (χ0n) is 12.0. The van der Waals surface area contributed by atoms with Crippen LogP contribution in [0.2, 0.25) is 0 Å². The number of benzene rings is 1. The Morgan fingerprint density at radius 2 is 2.24 bits per heavy atom. The lowest BCUT2D eigenvalue weighted by atomic mass is 10.1. The first-order chi connectivity index (χ1) is 10.2. The SMILES string of the molecule is CCCn1nncc1C(NC)c1cc2ccc(F)cc2s1. The lowest BCUT2D eigenvalue weighted by Gasteiger charge is -2.15.